The van der Waals surface area contributed by atoms with Gasteiger partial charge in [-0.15, -0.1) is 0 Å². The third-order valence-corrected chi connectivity index (χ3v) is 15.8. The molecule has 11 rings (SSSR count). The average Bonchev–Trinajstić information content (AvgIpc) is 4.03. The van der Waals surface area contributed by atoms with Gasteiger partial charge in [0.15, 0.2) is 0 Å². The van der Waals surface area contributed by atoms with Crippen LogP contribution >= 0.6 is 0 Å². The molecule has 0 atom stereocenters. The Balaban J connectivity index is 1.03. The molecule has 0 unspecified atom stereocenters. The first-order valence-corrected chi connectivity index (χ1v) is 27.6. The van der Waals surface area contributed by atoms with Crippen molar-refractivity contribution in [2.75, 3.05) is 16.5 Å². The lowest BCUT2D eigenvalue weighted by Gasteiger charge is -2.30. The highest BCUT2D eigenvalue weighted by Gasteiger charge is 2.34. The molecule has 77 heavy (non-hydrogen) atoms. The summed E-state index contributed by atoms with van der Waals surface area (Å²) in [5.74, 6) is 2.41. The Morgan fingerprint density at radius 1 is 0.390 bits per heavy atom. The second-order valence-corrected chi connectivity index (χ2v) is 26.8. The molecule has 390 valence electrons. The van der Waals surface area contributed by atoms with Crippen molar-refractivity contribution >= 4 is 55.3 Å². The maximum Gasteiger partial charge on any atom is 0.137 e. The summed E-state index contributed by atoms with van der Waals surface area (Å²) < 4.78 is 9.33. The number of fused-ring (bicyclic) bond motifs is 5. The first-order valence-electron chi connectivity index (χ1n) is 27.6. The van der Waals surface area contributed by atoms with Crippen LogP contribution in [0.25, 0.3) is 60.6 Å². The van der Waals surface area contributed by atoms with Gasteiger partial charge in [0.25, 0.3) is 0 Å². The van der Waals surface area contributed by atoms with E-state index < -0.39 is 0 Å². The molecule has 1 aliphatic heterocycles. The molecule has 0 amide bonds. The molecular weight excluding hydrogens is 937 g/mol. The summed E-state index contributed by atoms with van der Waals surface area (Å²) in [6.45, 7) is 35.2. The van der Waals surface area contributed by atoms with Crippen LogP contribution in [-0.4, -0.2) is 16.2 Å². The highest BCUT2D eigenvalue weighted by Crippen LogP contribution is 2.52. The van der Waals surface area contributed by atoms with E-state index in [-0.39, 0.29) is 27.1 Å². The maximum atomic E-state index is 7.01. The SMILES string of the molecule is CC(C)(C)c1cc(-c2ccc3c(c2)c2ccc(Oc4cccc(N5CN(c6cc(C(C)(C)C)cc(C(C)(C)C)c6)c6c(-c7cccc8ccccc78)cccc65)c4)cc2n3-c2cc(C(C)(C)C)ccn2)cc(C(C)(C)C)c1. The fourth-order valence-corrected chi connectivity index (χ4v) is 11.1. The number of pyridine rings is 1. The van der Waals surface area contributed by atoms with Crippen molar-refractivity contribution in [1.82, 2.24) is 9.55 Å². The summed E-state index contributed by atoms with van der Waals surface area (Å²) in [5.41, 5.74) is 18.1. The van der Waals surface area contributed by atoms with Gasteiger partial charge >= 0.3 is 0 Å². The molecule has 5 nitrogen and oxygen atoms in total. The fraction of sp³-hybridized carbons (Fsp3) is 0.292. The monoisotopic (exact) mass is 1010 g/mol. The minimum absolute atomic E-state index is 0.00580. The molecule has 0 radical (unpaired) electrons. The van der Waals surface area contributed by atoms with Crippen molar-refractivity contribution in [3.05, 3.63) is 204 Å². The molecule has 0 saturated heterocycles. The van der Waals surface area contributed by atoms with Crippen molar-refractivity contribution in [1.29, 1.82) is 0 Å². The van der Waals surface area contributed by atoms with Crippen LogP contribution in [0.3, 0.4) is 0 Å². The molecular formula is C72H76N4O. The van der Waals surface area contributed by atoms with Gasteiger partial charge in [0, 0.05) is 46.0 Å². The quantitative estimate of drug-likeness (QED) is 0.159. The Bertz CT molecular complexity index is 3840. The lowest BCUT2D eigenvalue weighted by atomic mass is 9.79. The number of rotatable bonds is 7. The summed E-state index contributed by atoms with van der Waals surface area (Å²) in [4.78, 5) is 10.0. The molecule has 8 aromatic carbocycles. The highest BCUT2D eigenvalue weighted by molar-refractivity contribution is 6.11. The van der Waals surface area contributed by atoms with Crippen molar-refractivity contribution in [2.24, 2.45) is 0 Å². The van der Waals surface area contributed by atoms with Crippen LogP contribution in [0.4, 0.5) is 22.7 Å². The van der Waals surface area contributed by atoms with Gasteiger partial charge in [-0.25, -0.2) is 4.98 Å². The third kappa shape index (κ3) is 9.79. The van der Waals surface area contributed by atoms with Gasteiger partial charge in [-0.05, 0) is 149 Å². The van der Waals surface area contributed by atoms with Gasteiger partial charge in [0.1, 0.15) is 24.0 Å². The summed E-state index contributed by atoms with van der Waals surface area (Å²) in [7, 11) is 0. The number of benzene rings is 8. The second-order valence-electron chi connectivity index (χ2n) is 26.8. The Kier molecular flexibility index (Phi) is 12.4. The van der Waals surface area contributed by atoms with Crippen molar-refractivity contribution in [3.8, 4) is 39.6 Å². The molecule has 0 saturated carbocycles. The van der Waals surface area contributed by atoms with Gasteiger partial charge in [0.05, 0.1) is 22.4 Å². The predicted molar refractivity (Wildman–Crippen MR) is 329 cm³/mol. The number of hydrogen-bond acceptors (Lipinski definition) is 4. The van der Waals surface area contributed by atoms with E-state index in [1.807, 2.05) is 6.20 Å². The number of hydrogen-bond donors (Lipinski definition) is 0. The molecule has 5 heteroatoms. The van der Waals surface area contributed by atoms with Gasteiger partial charge in [-0.3, -0.25) is 4.57 Å². The van der Waals surface area contributed by atoms with E-state index in [2.05, 4.69) is 288 Å². The number of nitrogens with zero attached hydrogens (tertiary/aromatic N) is 4. The molecule has 2 aromatic heterocycles. The molecule has 10 aromatic rings. The molecule has 0 N–H and O–H groups in total. The fourth-order valence-electron chi connectivity index (χ4n) is 11.1. The van der Waals surface area contributed by atoms with Crippen molar-refractivity contribution in [2.45, 2.75) is 131 Å². The van der Waals surface area contributed by atoms with Gasteiger partial charge in [-0.2, -0.15) is 0 Å². The summed E-state index contributed by atoms with van der Waals surface area (Å²) >= 11 is 0. The third-order valence-electron chi connectivity index (χ3n) is 15.8. The Hall–Kier alpha value is -7.63. The van der Waals surface area contributed by atoms with Crippen LogP contribution in [0.15, 0.2) is 176 Å². The lowest BCUT2D eigenvalue weighted by Crippen LogP contribution is -2.25. The molecule has 0 fully saturated rings. The number of aromatic nitrogens is 2. The van der Waals surface area contributed by atoms with Crippen LogP contribution in [0.2, 0.25) is 0 Å². The van der Waals surface area contributed by atoms with E-state index in [0.29, 0.717) is 6.67 Å². The smallest absolute Gasteiger partial charge is 0.137 e. The van der Waals surface area contributed by atoms with Crippen LogP contribution in [0.5, 0.6) is 11.5 Å². The summed E-state index contributed by atoms with van der Waals surface area (Å²) in [5, 5.41) is 4.80. The van der Waals surface area contributed by atoms with Crippen LogP contribution in [-0.2, 0) is 27.1 Å². The minimum atomic E-state index is -0.0536. The molecule has 3 heterocycles. The summed E-state index contributed by atoms with van der Waals surface area (Å²) in [6, 6.07) is 63.2. The zero-order chi connectivity index (χ0) is 54.6. The minimum Gasteiger partial charge on any atom is -0.457 e. The average molecular weight is 1010 g/mol. The number of para-hydroxylation sites is 1. The normalized spacial score (nSPS) is 13.5. The van der Waals surface area contributed by atoms with E-state index in [1.165, 1.54) is 77.6 Å². The van der Waals surface area contributed by atoms with Gasteiger partial charge in [0.2, 0.25) is 0 Å². The van der Waals surface area contributed by atoms with Crippen LogP contribution < -0.4 is 14.5 Å². The Labute approximate surface area is 458 Å². The first-order chi connectivity index (χ1) is 36.3. The Morgan fingerprint density at radius 3 is 1.66 bits per heavy atom. The van der Waals surface area contributed by atoms with E-state index in [1.54, 1.807) is 0 Å². The molecule has 0 bridgehead atoms. The van der Waals surface area contributed by atoms with E-state index in [9.17, 15) is 0 Å². The Morgan fingerprint density at radius 2 is 0.987 bits per heavy atom. The van der Waals surface area contributed by atoms with E-state index >= 15 is 0 Å². The largest absolute Gasteiger partial charge is 0.457 e. The van der Waals surface area contributed by atoms with Crippen LogP contribution in [0.1, 0.15) is 132 Å². The standard InChI is InChI=1S/C72H76N4O/c1-68(2,3)49-33-34-73-66(42-49)76-63-32-29-47(48-35-50(69(4,5)6)38-51(36-48)70(7,8)9)37-62(63)60-31-30-57(44-65(60)76)77-56-24-19-23-54(43-56)74-45-75(55-40-52(71(10,11)12)39-53(41-55)72(13,14)15)67-61(27-20-28-64(67)74)59-26-18-22-46-21-16-17-25-58(46)59/h16-44H,45H2,1-15H3. The van der Waals surface area contributed by atoms with Gasteiger partial charge < -0.3 is 14.5 Å². The number of anilines is 4. The van der Waals surface area contributed by atoms with Crippen LogP contribution in [0, 0.1) is 0 Å². The highest BCUT2D eigenvalue weighted by atomic mass is 16.5. The van der Waals surface area contributed by atoms with Crippen molar-refractivity contribution in [3.63, 3.8) is 0 Å². The predicted octanol–water partition coefficient (Wildman–Crippen LogP) is 20.2. The van der Waals surface area contributed by atoms with Gasteiger partial charge in [-0.1, -0.05) is 195 Å². The lowest BCUT2D eigenvalue weighted by molar-refractivity contribution is 0.483. The summed E-state index contributed by atoms with van der Waals surface area (Å²) in [6.07, 6.45) is 1.95. The van der Waals surface area contributed by atoms with E-state index in [4.69, 9.17) is 9.72 Å². The number of ether oxygens (including phenoxy) is 1. The zero-order valence-corrected chi connectivity index (χ0v) is 48.1. The van der Waals surface area contributed by atoms with E-state index in [0.717, 1.165) is 45.1 Å². The second kappa shape index (κ2) is 18.5. The van der Waals surface area contributed by atoms with Crippen molar-refractivity contribution < 1.29 is 4.74 Å². The molecule has 0 spiro atoms. The topological polar surface area (TPSA) is 33.5 Å². The zero-order valence-electron chi connectivity index (χ0n) is 48.1. The molecule has 0 aliphatic carbocycles. The molecule has 1 aliphatic rings. The first kappa shape index (κ1) is 51.5. The maximum absolute atomic E-state index is 7.01.